The van der Waals surface area contributed by atoms with Crippen molar-refractivity contribution in [1.82, 2.24) is 30.0 Å². The van der Waals surface area contributed by atoms with Crippen LogP contribution in [-0.4, -0.2) is 75.7 Å². The quantitative estimate of drug-likeness (QED) is 0.490. The Bertz CT molecular complexity index is 1230. The molecule has 3 N–H and O–H groups in total. The van der Waals surface area contributed by atoms with E-state index >= 15 is 0 Å². The predicted octanol–water partition coefficient (Wildman–Crippen LogP) is 3.12. The zero-order valence-corrected chi connectivity index (χ0v) is 20.0. The first-order valence-corrected chi connectivity index (χ1v) is 11.5. The molecule has 2 aliphatic rings. The van der Waals surface area contributed by atoms with E-state index in [4.69, 9.17) is 19.6 Å². The lowest BCUT2D eigenvalue weighted by molar-refractivity contribution is -0.192. The maximum atomic E-state index is 10.6. The summed E-state index contributed by atoms with van der Waals surface area (Å²) in [6, 6.07) is 4.69. The summed E-state index contributed by atoms with van der Waals surface area (Å²) in [4.78, 5) is 20.5. The van der Waals surface area contributed by atoms with E-state index in [9.17, 15) is 13.2 Å². The van der Waals surface area contributed by atoms with Gasteiger partial charge in [-0.15, -0.1) is 0 Å². The van der Waals surface area contributed by atoms with Crippen LogP contribution in [0.15, 0.2) is 24.5 Å². The van der Waals surface area contributed by atoms with Crippen LogP contribution in [0.4, 0.5) is 24.8 Å². The van der Waals surface area contributed by atoms with Crippen molar-refractivity contribution < 1.29 is 27.8 Å². The number of alkyl halides is 3. The van der Waals surface area contributed by atoms with Crippen LogP contribution in [0, 0.1) is 0 Å². The second kappa shape index (κ2) is 10.7. The predicted molar refractivity (Wildman–Crippen MR) is 126 cm³/mol. The van der Waals surface area contributed by atoms with Gasteiger partial charge in [0.25, 0.3) is 0 Å². The minimum atomic E-state index is -5.08. The summed E-state index contributed by atoms with van der Waals surface area (Å²) >= 11 is 0. The number of carbonyl (C=O) groups is 1. The molecule has 0 unspecified atom stereocenters. The van der Waals surface area contributed by atoms with Crippen molar-refractivity contribution in [1.29, 1.82) is 0 Å². The number of halogens is 3. The normalized spacial score (nSPS) is 16.7. The highest BCUT2D eigenvalue weighted by Gasteiger charge is 2.38. The molecule has 0 radical (unpaired) electrons. The number of benzene rings is 1. The number of fused-ring (bicyclic) bond motifs is 2. The lowest BCUT2D eigenvalue weighted by Gasteiger charge is -2.26. The molecule has 13 heteroatoms. The van der Waals surface area contributed by atoms with Crippen molar-refractivity contribution in [3.63, 3.8) is 0 Å². The molecule has 0 spiro atoms. The highest BCUT2D eigenvalue weighted by atomic mass is 19.4. The van der Waals surface area contributed by atoms with Crippen molar-refractivity contribution in [3.8, 4) is 5.75 Å². The van der Waals surface area contributed by atoms with Crippen LogP contribution >= 0.6 is 0 Å². The number of ether oxygens (including phenoxy) is 1. The Balaban J connectivity index is 0.000000384. The maximum Gasteiger partial charge on any atom is 0.490 e. The van der Waals surface area contributed by atoms with Gasteiger partial charge in [-0.1, -0.05) is 0 Å². The highest BCUT2D eigenvalue weighted by molar-refractivity contribution is 5.76. The van der Waals surface area contributed by atoms with E-state index in [1.165, 1.54) is 11.1 Å². The van der Waals surface area contributed by atoms with Crippen LogP contribution in [0.3, 0.4) is 0 Å². The number of likely N-dealkylation sites (N-methyl/N-ethyl adjacent to an activating group) is 1. The number of hydrogen-bond acceptors (Lipinski definition) is 8. The molecule has 0 bridgehead atoms. The number of aliphatic carboxylic acids is 1. The number of nitrogens with zero attached hydrogens (tertiary/aromatic N) is 5. The molecule has 2 aliphatic heterocycles. The van der Waals surface area contributed by atoms with Crippen molar-refractivity contribution in [2.75, 3.05) is 39.1 Å². The van der Waals surface area contributed by atoms with E-state index in [-0.39, 0.29) is 0 Å². The van der Waals surface area contributed by atoms with E-state index in [1.807, 2.05) is 12.4 Å². The fourth-order valence-electron chi connectivity index (χ4n) is 4.33. The molecule has 36 heavy (non-hydrogen) atoms. The largest absolute Gasteiger partial charge is 0.495 e. The van der Waals surface area contributed by atoms with Gasteiger partial charge in [0, 0.05) is 19.3 Å². The molecule has 0 aliphatic carbocycles. The van der Waals surface area contributed by atoms with E-state index in [0.29, 0.717) is 12.0 Å². The van der Waals surface area contributed by atoms with Crippen LogP contribution in [0.25, 0.3) is 11.0 Å². The van der Waals surface area contributed by atoms with Crippen LogP contribution in [0.2, 0.25) is 0 Å². The number of rotatable bonds is 4. The van der Waals surface area contributed by atoms with Crippen molar-refractivity contribution in [3.05, 3.63) is 35.7 Å². The summed E-state index contributed by atoms with van der Waals surface area (Å²) in [5, 5.41) is 19.5. The number of carboxylic acids is 1. The molecule has 0 saturated carbocycles. The van der Waals surface area contributed by atoms with Crippen molar-refractivity contribution in [2.24, 2.45) is 0 Å². The van der Waals surface area contributed by atoms with Crippen LogP contribution < -0.4 is 15.4 Å². The van der Waals surface area contributed by atoms with Gasteiger partial charge in [-0.05, 0) is 62.7 Å². The summed E-state index contributed by atoms with van der Waals surface area (Å²) in [6.45, 7) is 4.05. The molecule has 1 aromatic carbocycles. The Hall–Kier alpha value is -3.45. The molecule has 3 aromatic rings. The Morgan fingerprint density at radius 3 is 2.61 bits per heavy atom. The Morgan fingerprint density at radius 2 is 1.94 bits per heavy atom. The first-order chi connectivity index (χ1) is 17.2. The van der Waals surface area contributed by atoms with Gasteiger partial charge in [-0.25, -0.2) is 14.5 Å². The van der Waals surface area contributed by atoms with Gasteiger partial charge in [0.1, 0.15) is 5.75 Å². The summed E-state index contributed by atoms with van der Waals surface area (Å²) in [5.74, 6) is -1.37. The van der Waals surface area contributed by atoms with E-state index in [1.54, 1.807) is 7.11 Å². The topological polar surface area (TPSA) is 117 Å². The molecular weight excluding hydrogens is 479 g/mol. The molecule has 194 valence electrons. The lowest BCUT2D eigenvalue weighted by Crippen LogP contribution is -2.30. The maximum absolute atomic E-state index is 10.6. The minimum Gasteiger partial charge on any atom is -0.495 e. The molecule has 5 rings (SSSR count). The summed E-state index contributed by atoms with van der Waals surface area (Å²) in [5.41, 5.74) is 4.45. The lowest BCUT2D eigenvalue weighted by atomic mass is 9.99. The second-order valence-electron chi connectivity index (χ2n) is 8.78. The van der Waals surface area contributed by atoms with Crippen molar-refractivity contribution in [2.45, 2.75) is 38.0 Å². The third-order valence-corrected chi connectivity index (χ3v) is 6.20. The summed E-state index contributed by atoms with van der Waals surface area (Å²) < 4.78 is 39.4. The molecule has 1 saturated heterocycles. The first kappa shape index (κ1) is 25.6. The number of anilines is 2. The van der Waals surface area contributed by atoms with Gasteiger partial charge >= 0.3 is 12.1 Å². The highest BCUT2D eigenvalue weighted by Crippen LogP contribution is 2.33. The van der Waals surface area contributed by atoms with Gasteiger partial charge in [0.15, 0.2) is 5.65 Å². The second-order valence-corrected chi connectivity index (χ2v) is 8.78. The monoisotopic (exact) mass is 507 g/mol. The van der Waals surface area contributed by atoms with Crippen LogP contribution in [-0.2, 0) is 17.8 Å². The van der Waals surface area contributed by atoms with Crippen LogP contribution in [0.1, 0.15) is 30.0 Å². The number of carboxylic acid groups (broad SMARTS) is 1. The molecule has 10 nitrogen and oxygen atoms in total. The number of piperidine rings is 1. The van der Waals surface area contributed by atoms with Gasteiger partial charge in [0.2, 0.25) is 5.95 Å². The number of hydrogen-bond donors (Lipinski definition) is 3. The van der Waals surface area contributed by atoms with Gasteiger partial charge in [0.05, 0.1) is 30.4 Å². The van der Waals surface area contributed by atoms with Gasteiger partial charge in [-0.3, -0.25) is 0 Å². The van der Waals surface area contributed by atoms with E-state index in [0.717, 1.165) is 67.9 Å². The molecular formula is C23H28F3N7O3. The standard InChI is InChI=1S/C21H27N7O.C2HF3O2/c1-27-8-5-14-10-19(29-2)18(9-15(14)13-27)25-21-23-11-16-12-24-28(20(16)26-21)17-3-6-22-7-4-17;3-2(4,5)1(6)7/h9-12,17,22H,3-8,13H2,1-2H3,(H,23,25,26);(H,6,7). The Labute approximate surface area is 205 Å². The van der Waals surface area contributed by atoms with E-state index in [2.05, 4.69) is 49.5 Å². The Morgan fingerprint density at radius 1 is 1.22 bits per heavy atom. The molecule has 1 fully saturated rings. The van der Waals surface area contributed by atoms with Gasteiger partial charge < -0.3 is 25.4 Å². The average molecular weight is 508 g/mol. The molecule has 2 aromatic heterocycles. The number of aromatic nitrogens is 4. The average Bonchev–Trinajstić information content (AvgIpc) is 3.27. The van der Waals surface area contributed by atoms with Crippen LogP contribution in [0.5, 0.6) is 5.75 Å². The first-order valence-electron chi connectivity index (χ1n) is 11.5. The fraction of sp³-hybridized carbons (Fsp3) is 0.478. The Kier molecular flexibility index (Phi) is 7.59. The zero-order chi connectivity index (χ0) is 25.9. The SMILES string of the molecule is COc1cc2c(cc1Nc1ncc3cnn(C4CCNCC4)c3n1)CN(C)CC2.O=C(O)C(F)(F)F. The molecule has 0 amide bonds. The summed E-state index contributed by atoms with van der Waals surface area (Å²) in [6.07, 6.45) is 1.79. The third kappa shape index (κ3) is 5.85. The van der Waals surface area contributed by atoms with Gasteiger partial charge in [-0.2, -0.15) is 23.3 Å². The third-order valence-electron chi connectivity index (χ3n) is 6.20. The molecule has 4 heterocycles. The number of nitrogens with one attached hydrogen (secondary N) is 2. The number of methoxy groups -OCH3 is 1. The smallest absolute Gasteiger partial charge is 0.490 e. The summed E-state index contributed by atoms with van der Waals surface area (Å²) in [7, 11) is 3.86. The molecule has 0 atom stereocenters. The fourth-order valence-corrected chi connectivity index (χ4v) is 4.33. The van der Waals surface area contributed by atoms with E-state index < -0.39 is 12.1 Å². The minimum absolute atomic E-state index is 0.380. The van der Waals surface area contributed by atoms with Crippen molar-refractivity contribution >= 4 is 28.6 Å². The zero-order valence-electron chi connectivity index (χ0n) is 20.0.